The largest absolute Gasteiger partial charge is 0.337 e. The van der Waals surface area contributed by atoms with Gasteiger partial charge in [-0.1, -0.05) is 24.4 Å². The minimum absolute atomic E-state index is 0.0690. The molecular weight excluding hydrogens is 348 g/mol. The molecule has 1 amide bonds. The van der Waals surface area contributed by atoms with Crippen molar-refractivity contribution >= 4 is 17.2 Å². The predicted octanol–water partition coefficient (Wildman–Crippen LogP) is 4.09. The van der Waals surface area contributed by atoms with Crippen LogP contribution in [0.15, 0.2) is 40.5 Å². The van der Waals surface area contributed by atoms with Crippen molar-refractivity contribution in [2.75, 3.05) is 0 Å². The van der Waals surface area contributed by atoms with Gasteiger partial charge in [-0.15, -0.1) is 11.3 Å². The lowest BCUT2D eigenvalue weighted by molar-refractivity contribution is 0.0828. The smallest absolute Gasteiger partial charge is 0.262 e. The molecular formula is C19H20N4O2S. The van der Waals surface area contributed by atoms with Crippen LogP contribution in [0.3, 0.4) is 0 Å². The zero-order valence-corrected chi connectivity index (χ0v) is 15.4. The Kier molecular flexibility index (Phi) is 4.55. The number of nitrogens with one attached hydrogen (secondary N) is 1. The van der Waals surface area contributed by atoms with Crippen LogP contribution in [0.2, 0.25) is 0 Å². The molecule has 1 aliphatic rings. The summed E-state index contributed by atoms with van der Waals surface area (Å²) in [5, 5.41) is 9.27. The number of rotatable bonds is 4. The van der Waals surface area contributed by atoms with E-state index in [2.05, 4.69) is 20.4 Å². The van der Waals surface area contributed by atoms with Gasteiger partial charge in [0.25, 0.3) is 11.8 Å². The zero-order valence-electron chi connectivity index (χ0n) is 14.6. The molecule has 0 spiro atoms. The van der Waals surface area contributed by atoms with Gasteiger partial charge in [-0.25, -0.2) is 0 Å². The number of pyridine rings is 1. The third kappa shape index (κ3) is 3.14. The van der Waals surface area contributed by atoms with E-state index in [9.17, 15) is 4.79 Å². The van der Waals surface area contributed by atoms with Crippen LogP contribution in [0.4, 0.5) is 0 Å². The molecule has 0 aromatic carbocycles. The first-order chi connectivity index (χ1) is 12.7. The van der Waals surface area contributed by atoms with Gasteiger partial charge in [-0.3, -0.25) is 9.78 Å². The van der Waals surface area contributed by atoms with Crippen LogP contribution >= 0.6 is 11.3 Å². The van der Waals surface area contributed by atoms with Crippen molar-refractivity contribution in [3.8, 4) is 11.4 Å². The van der Waals surface area contributed by atoms with Crippen molar-refractivity contribution in [3.63, 3.8) is 0 Å². The first-order valence-corrected chi connectivity index (χ1v) is 9.67. The van der Waals surface area contributed by atoms with Crippen LogP contribution < -0.4 is 5.32 Å². The van der Waals surface area contributed by atoms with E-state index in [1.807, 2.05) is 30.5 Å². The zero-order chi connectivity index (χ0) is 18.0. The van der Waals surface area contributed by atoms with E-state index in [4.69, 9.17) is 4.52 Å². The number of carbonyl (C=O) groups excluding carboxylic acids is 1. The fourth-order valence-corrected chi connectivity index (χ4v) is 4.28. The Balaban J connectivity index is 1.66. The average Bonchev–Trinajstić information content (AvgIpc) is 3.33. The third-order valence-corrected chi connectivity index (χ3v) is 5.90. The van der Waals surface area contributed by atoms with Crippen molar-refractivity contribution in [3.05, 3.63) is 52.3 Å². The summed E-state index contributed by atoms with van der Waals surface area (Å²) in [6.07, 6.45) is 8.21. The molecule has 134 valence electrons. The van der Waals surface area contributed by atoms with E-state index in [0.717, 1.165) is 48.1 Å². The molecule has 3 aromatic rings. The maximum atomic E-state index is 12.8. The summed E-state index contributed by atoms with van der Waals surface area (Å²) in [4.78, 5) is 22.3. The standard InChI is InChI=1S/C19H20N4O2S/c1-13-7-11-26-15(13)17(24)22-19(8-3-2-4-9-19)18-21-16(23-25-18)14-6-5-10-20-12-14/h5-7,10-12H,2-4,8-9H2,1H3,(H,22,24). The maximum Gasteiger partial charge on any atom is 0.262 e. The molecule has 1 saturated carbocycles. The summed E-state index contributed by atoms with van der Waals surface area (Å²) in [6.45, 7) is 1.95. The SMILES string of the molecule is Cc1ccsc1C(=O)NC1(c2nc(-c3cccnc3)no2)CCCCC1. The normalized spacial score (nSPS) is 16.3. The molecule has 3 heterocycles. The van der Waals surface area contributed by atoms with E-state index in [-0.39, 0.29) is 5.91 Å². The second-order valence-electron chi connectivity index (χ2n) is 6.69. The molecule has 1 aliphatic carbocycles. The number of aryl methyl sites for hydroxylation is 1. The highest BCUT2D eigenvalue weighted by molar-refractivity contribution is 7.12. The topological polar surface area (TPSA) is 80.9 Å². The van der Waals surface area contributed by atoms with Gasteiger partial charge >= 0.3 is 0 Å². The maximum absolute atomic E-state index is 12.8. The summed E-state index contributed by atoms with van der Waals surface area (Å²) in [7, 11) is 0. The Labute approximate surface area is 155 Å². The lowest BCUT2D eigenvalue weighted by Gasteiger charge is -2.34. The molecule has 3 aromatic heterocycles. The van der Waals surface area contributed by atoms with Gasteiger partial charge in [-0.05, 0) is 48.9 Å². The van der Waals surface area contributed by atoms with E-state index in [1.165, 1.54) is 11.3 Å². The number of hydrogen-bond donors (Lipinski definition) is 1. The number of hydrogen-bond acceptors (Lipinski definition) is 6. The Bertz CT molecular complexity index is 897. The third-order valence-electron chi connectivity index (χ3n) is 4.88. The van der Waals surface area contributed by atoms with Gasteiger partial charge < -0.3 is 9.84 Å². The van der Waals surface area contributed by atoms with Crippen LogP contribution in [0.1, 0.15) is 53.2 Å². The van der Waals surface area contributed by atoms with Gasteiger partial charge in [0.2, 0.25) is 5.82 Å². The molecule has 0 radical (unpaired) electrons. The first-order valence-electron chi connectivity index (χ1n) is 8.79. The van der Waals surface area contributed by atoms with Crippen molar-refractivity contribution in [1.29, 1.82) is 0 Å². The highest BCUT2D eigenvalue weighted by atomic mass is 32.1. The molecule has 0 bridgehead atoms. The highest BCUT2D eigenvalue weighted by Gasteiger charge is 2.41. The number of nitrogens with zero attached hydrogens (tertiary/aromatic N) is 3. The van der Waals surface area contributed by atoms with Crippen LogP contribution in [0, 0.1) is 6.92 Å². The molecule has 4 rings (SSSR count). The fraction of sp³-hybridized carbons (Fsp3) is 0.368. The summed E-state index contributed by atoms with van der Waals surface area (Å²) in [5.74, 6) is 0.916. The van der Waals surface area contributed by atoms with E-state index in [0.29, 0.717) is 11.7 Å². The average molecular weight is 368 g/mol. The van der Waals surface area contributed by atoms with Crippen molar-refractivity contribution in [1.82, 2.24) is 20.4 Å². The van der Waals surface area contributed by atoms with Crippen molar-refractivity contribution in [2.45, 2.75) is 44.6 Å². The summed E-state index contributed by atoms with van der Waals surface area (Å²) in [6, 6.07) is 5.69. The van der Waals surface area contributed by atoms with Gasteiger partial charge in [0.15, 0.2) is 0 Å². The summed E-state index contributed by atoms with van der Waals surface area (Å²) in [5.41, 5.74) is 1.19. The quantitative estimate of drug-likeness (QED) is 0.750. The lowest BCUT2D eigenvalue weighted by atomic mass is 9.81. The van der Waals surface area contributed by atoms with E-state index >= 15 is 0 Å². The lowest BCUT2D eigenvalue weighted by Crippen LogP contribution is -2.47. The molecule has 0 unspecified atom stereocenters. The second kappa shape index (κ2) is 6.99. The monoisotopic (exact) mass is 368 g/mol. The number of thiophene rings is 1. The second-order valence-corrected chi connectivity index (χ2v) is 7.61. The molecule has 6 nitrogen and oxygen atoms in total. The van der Waals surface area contributed by atoms with Gasteiger partial charge in [0.05, 0.1) is 4.88 Å². The molecule has 0 atom stereocenters. The van der Waals surface area contributed by atoms with Gasteiger partial charge in [-0.2, -0.15) is 4.98 Å². The highest BCUT2D eigenvalue weighted by Crippen LogP contribution is 2.37. The number of carbonyl (C=O) groups is 1. The van der Waals surface area contributed by atoms with Gasteiger partial charge in [0, 0.05) is 18.0 Å². The van der Waals surface area contributed by atoms with E-state index < -0.39 is 5.54 Å². The number of aromatic nitrogens is 3. The number of amides is 1. The summed E-state index contributed by atoms with van der Waals surface area (Å²) >= 11 is 1.46. The summed E-state index contributed by atoms with van der Waals surface area (Å²) < 4.78 is 5.61. The minimum Gasteiger partial charge on any atom is -0.337 e. The Morgan fingerprint density at radius 1 is 1.27 bits per heavy atom. The Morgan fingerprint density at radius 3 is 2.81 bits per heavy atom. The Morgan fingerprint density at radius 2 is 2.12 bits per heavy atom. The predicted molar refractivity (Wildman–Crippen MR) is 98.8 cm³/mol. The van der Waals surface area contributed by atoms with Crippen LogP contribution in [0.25, 0.3) is 11.4 Å². The molecule has 26 heavy (non-hydrogen) atoms. The molecule has 0 saturated heterocycles. The molecule has 1 N–H and O–H groups in total. The van der Waals surface area contributed by atoms with Crippen molar-refractivity contribution < 1.29 is 9.32 Å². The van der Waals surface area contributed by atoms with E-state index in [1.54, 1.807) is 12.4 Å². The minimum atomic E-state index is -0.598. The first kappa shape index (κ1) is 16.9. The van der Waals surface area contributed by atoms with Crippen LogP contribution in [0.5, 0.6) is 0 Å². The molecule has 0 aliphatic heterocycles. The van der Waals surface area contributed by atoms with Crippen molar-refractivity contribution in [2.24, 2.45) is 0 Å². The van der Waals surface area contributed by atoms with Gasteiger partial charge in [0.1, 0.15) is 5.54 Å². The van der Waals surface area contributed by atoms with Crippen LogP contribution in [-0.2, 0) is 5.54 Å². The molecule has 1 fully saturated rings. The Hall–Kier alpha value is -2.54. The van der Waals surface area contributed by atoms with Crippen LogP contribution in [-0.4, -0.2) is 21.0 Å². The fourth-order valence-electron chi connectivity index (χ4n) is 3.46. The molecule has 7 heteroatoms.